The maximum atomic E-state index is 12.5. The second kappa shape index (κ2) is 5.97. The smallest absolute Gasteiger partial charge is 0.260 e. The molecular weight excluding hydrogens is 240 g/mol. The Morgan fingerprint density at radius 2 is 1.89 bits per heavy atom. The zero-order chi connectivity index (χ0) is 13.8. The number of imide groups is 1. The number of likely N-dealkylation sites (N-methyl/N-ethyl adjacent to an activating group) is 1. The van der Waals surface area contributed by atoms with E-state index < -0.39 is 0 Å². The standard InChI is InChI=1S/C15H20N2O2/c1-16(2)13-10-6-7-11-17(15(13)19)14(18)12-8-4-3-5-9-12/h3-5,8-9,13H,6-7,10-11H2,1-2H3. The third kappa shape index (κ3) is 3.01. The van der Waals surface area contributed by atoms with Crippen LogP contribution in [0.15, 0.2) is 30.3 Å². The first-order valence-electron chi connectivity index (χ1n) is 6.68. The molecule has 0 saturated carbocycles. The van der Waals surface area contributed by atoms with Gasteiger partial charge in [-0.2, -0.15) is 0 Å². The number of carbonyl (C=O) groups is 2. The number of rotatable bonds is 2. The summed E-state index contributed by atoms with van der Waals surface area (Å²) in [6, 6.07) is 8.83. The lowest BCUT2D eigenvalue weighted by Crippen LogP contribution is -2.47. The zero-order valence-electron chi connectivity index (χ0n) is 11.5. The van der Waals surface area contributed by atoms with E-state index in [1.807, 2.05) is 37.2 Å². The van der Waals surface area contributed by atoms with E-state index in [9.17, 15) is 9.59 Å². The fourth-order valence-electron chi connectivity index (χ4n) is 2.44. The van der Waals surface area contributed by atoms with Gasteiger partial charge in [0, 0.05) is 12.1 Å². The summed E-state index contributed by atoms with van der Waals surface area (Å²) in [6.45, 7) is 0.525. The molecule has 4 nitrogen and oxygen atoms in total. The third-order valence-corrected chi connectivity index (χ3v) is 3.55. The van der Waals surface area contributed by atoms with Gasteiger partial charge in [0.1, 0.15) is 0 Å². The molecule has 1 heterocycles. The van der Waals surface area contributed by atoms with Gasteiger partial charge < -0.3 is 0 Å². The highest BCUT2D eigenvalue weighted by atomic mass is 16.2. The molecule has 1 unspecified atom stereocenters. The molecule has 1 fully saturated rings. The van der Waals surface area contributed by atoms with Crippen molar-refractivity contribution in [3.05, 3.63) is 35.9 Å². The Balaban J connectivity index is 2.22. The van der Waals surface area contributed by atoms with Crippen molar-refractivity contribution < 1.29 is 9.59 Å². The highest BCUT2D eigenvalue weighted by molar-refractivity contribution is 6.06. The number of nitrogens with zero attached hydrogens (tertiary/aromatic N) is 2. The van der Waals surface area contributed by atoms with Gasteiger partial charge in [0.25, 0.3) is 5.91 Å². The van der Waals surface area contributed by atoms with Gasteiger partial charge in [-0.3, -0.25) is 19.4 Å². The van der Waals surface area contributed by atoms with Crippen molar-refractivity contribution >= 4 is 11.8 Å². The zero-order valence-corrected chi connectivity index (χ0v) is 11.5. The average molecular weight is 260 g/mol. The molecule has 0 aliphatic carbocycles. The lowest BCUT2D eigenvalue weighted by molar-refractivity contribution is -0.132. The van der Waals surface area contributed by atoms with E-state index in [0.717, 1.165) is 19.3 Å². The van der Waals surface area contributed by atoms with Crippen LogP contribution in [0, 0.1) is 0 Å². The molecule has 1 atom stereocenters. The molecule has 0 radical (unpaired) electrons. The first-order chi connectivity index (χ1) is 9.11. The van der Waals surface area contributed by atoms with Crippen molar-refractivity contribution in [3.63, 3.8) is 0 Å². The largest absolute Gasteiger partial charge is 0.298 e. The average Bonchev–Trinajstić information content (AvgIpc) is 2.61. The van der Waals surface area contributed by atoms with Crippen LogP contribution in [-0.4, -0.2) is 48.3 Å². The molecule has 2 rings (SSSR count). The number of likely N-dealkylation sites (tertiary alicyclic amines) is 1. The van der Waals surface area contributed by atoms with Crippen LogP contribution >= 0.6 is 0 Å². The van der Waals surface area contributed by atoms with E-state index in [-0.39, 0.29) is 17.9 Å². The van der Waals surface area contributed by atoms with Crippen LogP contribution in [0.4, 0.5) is 0 Å². The van der Waals surface area contributed by atoms with Gasteiger partial charge in [-0.1, -0.05) is 18.2 Å². The Labute approximate surface area is 114 Å². The normalized spacial score (nSPS) is 20.5. The molecular formula is C15H20N2O2. The van der Waals surface area contributed by atoms with Gasteiger partial charge in [0.2, 0.25) is 5.91 Å². The molecule has 19 heavy (non-hydrogen) atoms. The SMILES string of the molecule is CN(C)C1CCCCN(C(=O)c2ccccc2)C1=O. The van der Waals surface area contributed by atoms with Crippen molar-refractivity contribution in [2.75, 3.05) is 20.6 Å². The number of benzene rings is 1. The molecule has 1 saturated heterocycles. The number of hydrogen-bond acceptors (Lipinski definition) is 3. The van der Waals surface area contributed by atoms with E-state index in [2.05, 4.69) is 0 Å². The molecule has 1 aromatic carbocycles. The highest BCUT2D eigenvalue weighted by Gasteiger charge is 2.32. The van der Waals surface area contributed by atoms with Crippen LogP contribution in [-0.2, 0) is 4.79 Å². The minimum absolute atomic E-state index is 0.0728. The maximum absolute atomic E-state index is 12.5. The van der Waals surface area contributed by atoms with Crippen LogP contribution in [0.5, 0.6) is 0 Å². The summed E-state index contributed by atoms with van der Waals surface area (Å²) in [5.74, 6) is -0.254. The fourth-order valence-corrected chi connectivity index (χ4v) is 2.44. The van der Waals surface area contributed by atoms with Gasteiger partial charge in [-0.15, -0.1) is 0 Å². The van der Waals surface area contributed by atoms with Gasteiger partial charge in [-0.25, -0.2) is 0 Å². The highest BCUT2D eigenvalue weighted by Crippen LogP contribution is 2.17. The van der Waals surface area contributed by atoms with Gasteiger partial charge in [0.05, 0.1) is 6.04 Å². The van der Waals surface area contributed by atoms with E-state index >= 15 is 0 Å². The Bertz CT molecular complexity index is 456. The lowest BCUT2D eigenvalue weighted by Gasteiger charge is -2.26. The molecule has 1 aliphatic rings. The quantitative estimate of drug-likeness (QED) is 0.761. The number of hydrogen-bond donors (Lipinski definition) is 0. The van der Waals surface area contributed by atoms with E-state index in [0.29, 0.717) is 12.1 Å². The Kier molecular flexibility index (Phi) is 4.32. The Hall–Kier alpha value is -1.68. The third-order valence-electron chi connectivity index (χ3n) is 3.55. The van der Waals surface area contributed by atoms with Crippen molar-refractivity contribution in [3.8, 4) is 0 Å². The first-order valence-corrected chi connectivity index (χ1v) is 6.68. The second-order valence-corrected chi connectivity index (χ2v) is 5.14. The summed E-state index contributed by atoms with van der Waals surface area (Å²) in [6.07, 6.45) is 2.69. The number of carbonyl (C=O) groups excluding carboxylic acids is 2. The van der Waals surface area contributed by atoms with Crippen LogP contribution in [0.2, 0.25) is 0 Å². The van der Waals surface area contributed by atoms with E-state index in [4.69, 9.17) is 0 Å². The Morgan fingerprint density at radius 1 is 1.21 bits per heavy atom. The van der Waals surface area contributed by atoms with Crippen molar-refractivity contribution in [2.24, 2.45) is 0 Å². The van der Waals surface area contributed by atoms with Gasteiger partial charge >= 0.3 is 0 Å². The maximum Gasteiger partial charge on any atom is 0.260 e. The van der Waals surface area contributed by atoms with E-state index in [1.54, 1.807) is 12.1 Å². The summed E-state index contributed by atoms with van der Waals surface area (Å²) >= 11 is 0. The molecule has 1 aliphatic heterocycles. The molecule has 0 spiro atoms. The molecule has 2 amide bonds. The topological polar surface area (TPSA) is 40.6 Å². The predicted molar refractivity (Wildman–Crippen MR) is 73.8 cm³/mol. The summed E-state index contributed by atoms with van der Waals surface area (Å²) < 4.78 is 0. The van der Waals surface area contributed by atoms with Gasteiger partial charge in [-0.05, 0) is 45.5 Å². The molecule has 1 aromatic rings. The molecule has 0 bridgehead atoms. The summed E-state index contributed by atoms with van der Waals surface area (Å²) in [4.78, 5) is 28.2. The van der Waals surface area contributed by atoms with Crippen molar-refractivity contribution in [2.45, 2.75) is 25.3 Å². The minimum atomic E-state index is -0.185. The number of amides is 2. The minimum Gasteiger partial charge on any atom is -0.298 e. The van der Waals surface area contributed by atoms with Crippen molar-refractivity contribution in [1.82, 2.24) is 9.80 Å². The summed E-state index contributed by atoms with van der Waals surface area (Å²) in [5.41, 5.74) is 0.579. The summed E-state index contributed by atoms with van der Waals surface area (Å²) in [5, 5.41) is 0. The van der Waals surface area contributed by atoms with Crippen LogP contribution in [0.25, 0.3) is 0 Å². The first kappa shape index (κ1) is 13.7. The van der Waals surface area contributed by atoms with Crippen LogP contribution in [0.3, 0.4) is 0 Å². The summed E-state index contributed by atoms with van der Waals surface area (Å²) in [7, 11) is 3.78. The van der Waals surface area contributed by atoms with Crippen molar-refractivity contribution in [1.29, 1.82) is 0 Å². The van der Waals surface area contributed by atoms with Crippen LogP contribution in [0.1, 0.15) is 29.6 Å². The monoisotopic (exact) mass is 260 g/mol. The second-order valence-electron chi connectivity index (χ2n) is 5.14. The fraction of sp³-hybridized carbons (Fsp3) is 0.467. The predicted octanol–water partition coefficient (Wildman–Crippen LogP) is 1.77. The molecule has 0 aromatic heterocycles. The van der Waals surface area contributed by atoms with Gasteiger partial charge in [0.15, 0.2) is 0 Å². The molecule has 4 heteroatoms. The lowest BCUT2D eigenvalue weighted by atomic mass is 10.1. The van der Waals surface area contributed by atoms with E-state index in [1.165, 1.54) is 4.90 Å². The van der Waals surface area contributed by atoms with Crippen LogP contribution < -0.4 is 0 Å². The molecule has 0 N–H and O–H groups in total. The molecule has 102 valence electrons. The Morgan fingerprint density at radius 3 is 2.53 bits per heavy atom.